The van der Waals surface area contributed by atoms with Crippen molar-refractivity contribution >= 4 is 0 Å². The zero-order chi connectivity index (χ0) is 13.9. The van der Waals surface area contributed by atoms with E-state index in [0.717, 1.165) is 36.8 Å². The summed E-state index contributed by atoms with van der Waals surface area (Å²) >= 11 is 0. The zero-order valence-electron chi connectivity index (χ0n) is 11.9. The fourth-order valence-electron chi connectivity index (χ4n) is 3.02. The Balaban J connectivity index is 1.84. The molecule has 1 saturated heterocycles. The summed E-state index contributed by atoms with van der Waals surface area (Å²) in [6.07, 6.45) is 5.34. The number of aromatic amines is 1. The maximum Gasteiger partial charge on any atom is 0.330 e. The first-order chi connectivity index (χ1) is 9.74. The summed E-state index contributed by atoms with van der Waals surface area (Å²) in [5, 5.41) is 3.40. The Labute approximate surface area is 118 Å². The van der Waals surface area contributed by atoms with Crippen molar-refractivity contribution in [2.24, 2.45) is 5.92 Å². The summed E-state index contributed by atoms with van der Waals surface area (Å²) in [4.78, 5) is 14.6. The van der Waals surface area contributed by atoms with Crippen LogP contribution in [0.4, 0.5) is 0 Å². The average molecular weight is 271 g/mol. The van der Waals surface area contributed by atoms with Gasteiger partial charge in [0.25, 0.3) is 0 Å². The number of aryl methyl sites for hydroxylation is 1. The van der Waals surface area contributed by atoms with Gasteiger partial charge >= 0.3 is 5.69 Å². The molecule has 2 heterocycles. The molecule has 1 aliphatic heterocycles. The molecule has 3 rings (SSSR count). The minimum absolute atomic E-state index is 0.0680. The van der Waals surface area contributed by atoms with Crippen LogP contribution < -0.4 is 11.0 Å². The number of piperidine rings is 1. The minimum atomic E-state index is -0.0680. The van der Waals surface area contributed by atoms with Gasteiger partial charge in [-0.3, -0.25) is 4.57 Å². The molecule has 1 aromatic carbocycles. The molecule has 4 nitrogen and oxygen atoms in total. The highest BCUT2D eigenvalue weighted by atomic mass is 16.1. The number of H-pyrrole nitrogens is 1. The number of rotatable bonds is 3. The molecule has 1 fully saturated rings. The SMILES string of the molecule is Cc1c[nH]c(=O)n1-c1cccc(CC2CCNCC2)c1. The molecule has 0 aliphatic carbocycles. The lowest BCUT2D eigenvalue weighted by Crippen LogP contribution is -2.28. The summed E-state index contributed by atoms with van der Waals surface area (Å²) in [6.45, 7) is 4.19. The smallest absolute Gasteiger partial charge is 0.317 e. The number of imidazole rings is 1. The number of nitrogens with zero attached hydrogens (tertiary/aromatic N) is 1. The second-order valence-electron chi connectivity index (χ2n) is 5.64. The van der Waals surface area contributed by atoms with E-state index < -0.39 is 0 Å². The summed E-state index contributed by atoms with van der Waals surface area (Å²) in [5.41, 5.74) is 3.15. The third kappa shape index (κ3) is 2.70. The van der Waals surface area contributed by atoms with Crippen LogP contribution in [0.2, 0.25) is 0 Å². The van der Waals surface area contributed by atoms with Crippen LogP contribution in [0.3, 0.4) is 0 Å². The van der Waals surface area contributed by atoms with Crippen molar-refractivity contribution in [3.05, 3.63) is 52.2 Å². The molecule has 0 radical (unpaired) electrons. The zero-order valence-corrected chi connectivity index (χ0v) is 11.9. The van der Waals surface area contributed by atoms with Crippen LogP contribution in [0.25, 0.3) is 5.69 Å². The van der Waals surface area contributed by atoms with Crippen LogP contribution >= 0.6 is 0 Å². The Morgan fingerprint density at radius 2 is 2.10 bits per heavy atom. The summed E-state index contributed by atoms with van der Waals surface area (Å²) in [7, 11) is 0. The van der Waals surface area contributed by atoms with E-state index >= 15 is 0 Å². The average Bonchev–Trinajstić information content (AvgIpc) is 2.80. The summed E-state index contributed by atoms with van der Waals surface area (Å²) in [6, 6.07) is 8.35. The van der Waals surface area contributed by atoms with E-state index in [1.807, 2.05) is 19.1 Å². The summed E-state index contributed by atoms with van der Waals surface area (Å²) < 4.78 is 1.73. The van der Waals surface area contributed by atoms with Gasteiger partial charge in [-0.15, -0.1) is 0 Å². The third-order valence-electron chi connectivity index (χ3n) is 4.11. The Bertz CT molecular complexity index is 635. The van der Waals surface area contributed by atoms with Crippen LogP contribution in [-0.2, 0) is 6.42 Å². The Morgan fingerprint density at radius 1 is 1.30 bits per heavy atom. The molecule has 20 heavy (non-hydrogen) atoms. The van der Waals surface area contributed by atoms with Crippen LogP contribution in [0.1, 0.15) is 24.1 Å². The molecule has 0 spiro atoms. The second-order valence-corrected chi connectivity index (χ2v) is 5.64. The van der Waals surface area contributed by atoms with Crippen LogP contribution in [-0.4, -0.2) is 22.6 Å². The molecule has 2 N–H and O–H groups in total. The molecule has 106 valence electrons. The van der Waals surface area contributed by atoms with Gasteiger partial charge in [-0.25, -0.2) is 4.79 Å². The van der Waals surface area contributed by atoms with Gasteiger partial charge in [0.15, 0.2) is 0 Å². The van der Waals surface area contributed by atoms with Crippen molar-refractivity contribution in [1.29, 1.82) is 0 Å². The highest BCUT2D eigenvalue weighted by Crippen LogP contribution is 2.19. The molecule has 2 aromatic rings. The van der Waals surface area contributed by atoms with E-state index in [-0.39, 0.29) is 5.69 Å². The van der Waals surface area contributed by atoms with E-state index in [9.17, 15) is 4.79 Å². The Hall–Kier alpha value is -1.81. The second kappa shape index (κ2) is 5.67. The topological polar surface area (TPSA) is 49.8 Å². The van der Waals surface area contributed by atoms with Crippen molar-refractivity contribution in [1.82, 2.24) is 14.9 Å². The number of hydrogen-bond acceptors (Lipinski definition) is 2. The molecule has 0 saturated carbocycles. The van der Waals surface area contributed by atoms with E-state index in [1.165, 1.54) is 18.4 Å². The molecule has 1 aromatic heterocycles. The van der Waals surface area contributed by atoms with E-state index in [1.54, 1.807) is 10.8 Å². The van der Waals surface area contributed by atoms with Crippen LogP contribution in [0, 0.1) is 12.8 Å². The fourth-order valence-corrected chi connectivity index (χ4v) is 3.02. The first-order valence-corrected chi connectivity index (χ1v) is 7.31. The molecule has 4 heteroatoms. The first kappa shape index (κ1) is 13.2. The highest BCUT2D eigenvalue weighted by Gasteiger charge is 2.14. The van der Waals surface area contributed by atoms with Gasteiger partial charge in [0, 0.05) is 11.9 Å². The van der Waals surface area contributed by atoms with Gasteiger partial charge in [0.05, 0.1) is 5.69 Å². The van der Waals surface area contributed by atoms with Gasteiger partial charge < -0.3 is 10.3 Å². The van der Waals surface area contributed by atoms with Gasteiger partial charge in [-0.2, -0.15) is 0 Å². The first-order valence-electron chi connectivity index (χ1n) is 7.31. The van der Waals surface area contributed by atoms with Crippen molar-refractivity contribution in [2.75, 3.05) is 13.1 Å². The molecule has 1 aliphatic rings. The third-order valence-corrected chi connectivity index (χ3v) is 4.11. The van der Waals surface area contributed by atoms with Gasteiger partial charge in [-0.1, -0.05) is 12.1 Å². The lowest BCUT2D eigenvalue weighted by Gasteiger charge is -2.22. The molecule has 0 unspecified atom stereocenters. The Morgan fingerprint density at radius 3 is 2.80 bits per heavy atom. The van der Waals surface area contributed by atoms with Crippen LogP contribution in [0.5, 0.6) is 0 Å². The van der Waals surface area contributed by atoms with Crippen molar-refractivity contribution in [3.8, 4) is 5.69 Å². The fraction of sp³-hybridized carbons (Fsp3) is 0.438. The van der Waals surface area contributed by atoms with Gasteiger partial charge in [0.1, 0.15) is 0 Å². The molecule has 0 bridgehead atoms. The van der Waals surface area contributed by atoms with Gasteiger partial charge in [-0.05, 0) is 62.9 Å². The molecule has 0 amide bonds. The van der Waals surface area contributed by atoms with E-state index in [2.05, 4.69) is 22.4 Å². The number of nitrogens with one attached hydrogen (secondary N) is 2. The van der Waals surface area contributed by atoms with Crippen LogP contribution in [0.15, 0.2) is 35.3 Å². The maximum absolute atomic E-state index is 11.8. The van der Waals surface area contributed by atoms with E-state index in [4.69, 9.17) is 0 Å². The minimum Gasteiger partial charge on any atom is -0.317 e. The van der Waals surface area contributed by atoms with Crippen molar-refractivity contribution < 1.29 is 0 Å². The predicted octanol–water partition coefficient (Wildman–Crippen LogP) is 2.02. The lowest BCUT2D eigenvalue weighted by molar-refractivity contribution is 0.372. The number of aromatic nitrogens is 2. The predicted molar refractivity (Wildman–Crippen MR) is 80.4 cm³/mol. The number of hydrogen-bond donors (Lipinski definition) is 2. The quantitative estimate of drug-likeness (QED) is 0.897. The van der Waals surface area contributed by atoms with Crippen molar-refractivity contribution in [3.63, 3.8) is 0 Å². The standard InChI is InChI=1S/C16H21N3O/c1-12-11-18-16(20)19(12)15-4-2-3-14(10-15)9-13-5-7-17-8-6-13/h2-4,10-11,13,17H,5-9H2,1H3,(H,18,20). The summed E-state index contributed by atoms with van der Waals surface area (Å²) in [5.74, 6) is 0.760. The van der Waals surface area contributed by atoms with Crippen molar-refractivity contribution in [2.45, 2.75) is 26.2 Å². The highest BCUT2D eigenvalue weighted by molar-refractivity contribution is 5.37. The monoisotopic (exact) mass is 271 g/mol. The normalized spacial score (nSPS) is 16.4. The lowest BCUT2D eigenvalue weighted by atomic mass is 9.91. The van der Waals surface area contributed by atoms with Gasteiger partial charge in [0.2, 0.25) is 0 Å². The molecule has 0 atom stereocenters. The number of benzene rings is 1. The maximum atomic E-state index is 11.8. The van der Waals surface area contributed by atoms with E-state index in [0.29, 0.717) is 0 Å². The molecular weight excluding hydrogens is 250 g/mol. The largest absolute Gasteiger partial charge is 0.330 e. The molecular formula is C16H21N3O. The Kier molecular flexibility index (Phi) is 3.74.